The molecule has 1 fully saturated rings. The predicted octanol–water partition coefficient (Wildman–Crippen LogP) is 0.489. The molecule has 0 spiro atoms. The van der Waals surface area contributed by atoms with Gasteiger partial charge in [-0.25, -0.2) is 0 Å². The highest BCUT2D eigenvalue weighted by Crippen LogP contribution is 2.24. The number of nitrogens with zero attached hydrogens (tertiary/aromatic N) is 2. The molecule has 0 radical (unpaired) electrons. The molecule has 0 aromatic carbocycles. The summed E-state index contributed by atoms with van der Waals surface area (Å²) in [6.07, 6.45) is 0.969. The number of rotatable bonds is 6. The summed E-state index contributed by atoms with van der Waals surface area (Å²) in [5, 5.41) is 6.63. The zero-order valence-electron chi connectivity index (χ0n) is 11.7. The van der Waals surface area contributed by atoms with E-state index in [1.807, 2.05) is 0 Å². The molecule has 1 unspecified atom stereocenters. The van der Waals surface area contributed by atoms with Crippen molar-refractivity contribution < 1.29 is 18.8 Å². The zero-order chi connectivity index (χ0) is 14.5. The van der Waals surface area contributed by atoms with Crippen LogP contribution in [0.1, 0.15) is 18.6 Å². The Morgan fingerprint density at radius 1 is 1.65 bits per heavy atom. The maximum absolute atomic E-state index is 12.0. The Morgan fingerprint density at radius 3 is 3.10 bits per heavy atom. The monoisotopic (exact) mass is 281 g/mol. The van der Waals surface area contributed by atoms with Gasteiger partial charge in [0.15, 0.2) is 5.82 Å². The fourth-order valence-electron chi connectivity index (χ4n) is 2.16. The van der Waals surface area contributed by atoms with E-state index in [0.717, 1.165) is 6.42 Å². The van der Waals surface area contributed by atoms with Crippen molar-refractivity contribution in [1.82, 2.24) is 10.5 Å². The molecule has 0 bridgehead atoms. The van der Waals surface area contributed by atoms with Crippen molar-refractivity contribution in [3.8, 4) is 0 Å². The van der Waals surface area contributed by atoms with Gasteiger partial charge in [0.1, 0.15) is 5.76 Å². The van der Waals surface area contributed by atoms with Crippen LogP contribution < -0.4 is 10.2 Å². The van der Waals surface area contributed by atoms with Crippen LogP contribution in [0.25, 0.3) is 0 Å². The van der Waals surface area contributed by atoms with Crippen LogP contribution in [0.15, 0.2) is 10.6 Å². The molecule has 0 aliphatic carbocycles. The molecule has 1 atom stereocenters. The van der Waals surface area contributed by atoms with Crippen molar-refractivity contribution in [2.75, 3.05) is 31.7 Å². The zero-order valence-corrected chi connectivity index (χ0v) is 11.7. The number of methoxy groups -OCH3 is 1. The molecular weight excluding hydrogens is 262 g/mol. The minimum atomic E-state index is -0.331. The van der Waals surface area contributed by atoms with Gasteiger partial charge >= 0.3 is 0 Å². The number of aryl methyl sites for hydroxylation is 1. The fraction of sp³-hybridized carbons (Fsp3) is 0.615. The first-order valence-electron chi connectivity index (χ1n) is 6.62. The summed E-state index contributed by atoms with van der Waals surface area (Å²) >= 11 is 0. The molecule has 110 valence electrons. The normalized spacial score (nSPS) is 18.6. The van der Waals surface area contributed by atoms with E-state index < -0.39 is 0 Å². The molecule has 20 heavy (non-hydrogen) atoms. The van der Waals surface area contributed by atoms with E-state index in [1.165, 1.54) is 4.90 Å². The van der Waals surface area contributed by atoms with E-state index in [1.54, 1.807) is 20.1 Å². The highest BCUT2D eigenvalue weighted by Gasteiger charge is 2.36. The molecule has 1 aliphatic heterocycles. The SMILES string of the molecule is COCCCNC(=O)C1CC(=O)N(c2cc(C)on2)C1. The van der Waals surface area contributed by atoms with Gasteiger partial charge in [-0.2, -0.15) is 0 Å². The molecule has 7 nitrogen and oxygen atoms in total. The topological polar surface area (TPSA) is 84.7 Å². The second kappa shape index (κ2) is 6.51. The van der Waals surface area contributed by atoms with Crippen molar-refractivity contribution in [2.45, 2.75) is 19.8 Å². The van der Waals surface area contributed by atoms with E-state index in [4.69, 9.17) is 9.26 Å². The Kier molecular flexibility index (Phi) is 4.73. The number of anilines is 1. The standard InChI is InChI=1S/C13H19N3O4/c1-9-6-11(15-20-9)16-8-10(7-12(16)17)13(18)14-4-3-5-19-2/h6,10H,3-5,7-8H2,1-2H3,(H,14,18). The summed E-state index contributed by atoms with van der Waals surface area (Å²) in [6.45, 7) is 3.27. The first-order valence-corrected chi connectivity index (χ1v) is 6.62. The van der Waals surface area contributed by atoms with Crippen LogP contribution in [0, 0.1) is 12.8 Å². The maximum atomic E-state index is 12.0. The number of carbonyl (C=O) groups is 2. The molecule has 1 aliphatic rings. The van der Waals surface area contributed by atoms with E-state index in [9.17, 15) is 9.59 Å². The average molecular weight is 281 g/mol. The number of hydrogen-bond acceptors (Lipinski definition) is 5. The first-order chi connectivity index (χ1) is 9.61. The maximum Gasteiger partial charge on any atom is 0.229 e. The van der Waals surface area contributed by atoms with Gasteiger partial charge < -0.3 is 14.6 Å². The van der Waals surface area contributed by atoms with Gasteiger partial charge in [-0.05, 0) is 13.3 Å². The number of nitrogens with one attached hydrogen (secondary N) is 1. The lowest BCUT2D eigenvalue weighted by Crippen LogP contribution is -2.33. The largest absolute Gasteiger partial charge is 0.385 e. The lowest BCUT2D eigenvalue weighted by Gasteiger charge is -2.12. The molecule has 1 aromatic heterocycles. The second-order valence-electron chi connectivity index (χ2n) is 4.84. The van der Waals surface area contributed by atoms with E-state index in [2.05, 4.69) is 10.5 Å². The number of hydrogen-bond donors (Lipinski definition) is 1. The Labute approximate surface area is 117 Å². The second-order valence-corrected chi connectivity index (χ2v) is 4.84. The lowest BCUT2D eigenvalue weighted by molar-refractivity contribution is -0.126. The summed E-state index contributed by atoms with van der Waals surface area (Å²) in [6, 6.07) is 1.69. The number of amides is 2. The quantitative estimate of drug-likeness (QED) is 0.767. The van der Waals surface area contributed by atoms with E-state index in [-0.39, 0.29) is 24.2 Å². The Hall–Kier alpha value is -1.89. The first kappa shape index (κ1) is 14.5. The van der Waals surface area contributed by atoms with Crippen molar-refractivity contribution >= 4 is 17.6 Å². The summed E-state index contributed by atoms with van der Waals surface area (Å²) in [4.78, 5) is 25.4. The van der Waals surface area contributed by atoms with Gasteiger partial charge in [-0.1, -0.05) is 5.16 Å². The Morgan fingerprint density at radius 2 is 2.45 bits per heavy atom. The molecule has 1 N–H and O–H groups in total. The summed E-state index contributed by atoms with van der Waals surface area (Å²) in [7, 11) is 1.62. The van der Waals surface area contributed by atoms with Gasteiger partial charge in [-0.3, -0.25) is 14.5 Å². The lowest BCUT2D eigenvalue weighted by atomic mass is 10.1. The van der Waals surface area contributed by atoms with Crippen LogP contribution in [0.3, 0.4) is 0 Å². The average Bonchev–Trinajstić information content (AvgIpc) is 3.00. The molecule has 2 rings (SSSR count). The van der Waals surface area contributed by atoms with Gasteiger partial charge in [0, 0.05) is 39.3 Å². The van der Waals surface area contributed by atoms with Gasteiger partial charge in [0.05, 0.1) is 5.92 Å². The van der Waals surface area contributed by atoms with Crippen LogP contribution in [-0.2, 0) is 14.3 Å². The number of aromatic nitrogens is 1. The third-order valence-corrected chi connectivity index (χ3v) is 3.21. The van der Waals surface area contributed by atoms with Gasteiger partial charge in [0.25, 0.3) is 0 Å². The molecular formula is C13H19N3O4. The third kappa shape index (κ3) is 3.36. The van der Waals surface area contributed by atoms with Crippen molar-refractivity contribution in [2.24, 2.45) is 5.92 Å². The van der Waals surface area contributed by atoms with E-state index >= 15 is 0 Å². The molecule has 0 saturated carbocycles. The molecule has 2 amide bonds. The van der Waals surface area contributed by atoms with Crippen LogP contribution in [-0.4, -0.2) is 43.8 Å². The smallest absolute Gasteiger partial charge is 0.229 e. The fourth-order valence-corrected chi connectivity index (χ4v) is 2.16. The van der Waals surface area contributed by atoms with Crippen molar-refractivity contribution in [3.05, 3.63) is 11.8 Å². The Balaban J connectivity index is 1.87. The number of ether oxygens (including phenoxy) is 1. The molecule has 1 aromatic rings. The predicted molar refractivity (Wildman–Crippen MR) is 71.2 cm³/mol. The summed E-state index contributed by atoms with van der Waals surface area (Å²) in [5.41, 5.74) is 0. The van der Waals surface area contributed by atoms with Crippen LogP contribution >= 0.6 is 0 Å². The van der Waals surface area contributed by atoms with Crippen LogP contribution in [0.2, 0.25) is 0 Å². The summed E-state index contributed by atoms with van der Waals surface area (Å²) in [5.74, 6) is 0.581. The van der Waals surface area contributed by atoms with Crippen LogP contribution in [0.4, 0.5) is 5.82 Å². The van der Waals surface area contributed by atoms with Gasteiger partial charge in [-0.15, -0.1) is 0 Å². The number of carbonyl (C=O) groups excluding carboxylic acids is 2. The highest BCUT2D eigenvalue weighted by atomic mass is 16.5. The minimum absolute atomic E-state index is 0.0998. The summed E-state index contributed by atoms with van der Waals surface area (Å²) < 4.78 is 9.87. The van der Waals surface area contributed by atoms with Crippen LogP contribution in [0.5, 0.6) is 0 Å². The van der Waals surface area contributed by atoms with Gasteiger partial charge in [0.2, 0.25) is 11.8 Å². The highest BCUT2D eigenvalue weighted by molar-refractivity contribution is 5.99. The molecule has 7 heteroatoms. The molecule has 2 heterocycles. The van der Waals surface area contributed by atoms with E-state index in [0.29, 0.717) is 31.3 Å². The van der Waals surface area contributed by atoms with Crippen molar-refractivity contribution in [1.29, 1.82) is 0 Å². The minimum Gasteiger partial charge on any atom is -0.385 e. The third-order valence-electron chi connectivity index (χ3n) is 3.21. The Bertz CT molecular complexity index is 486. The molecule has 1 saturated heterocycles. The van der Waals surface area contributed by atoms with Crippen molar-refractivity contribution in [3.63, 3.8) is 0 Å².